The molecule has 0 saturated carbocycles. The standard InChI is InChI=1S/C20H14Br4O8/c21-13-9(17(25)26)3-5-11(15(13)23)19(29)31-7-1-2-8-32-20(30)12-6-4-10(18(27)28)14(22)16(12)24/h3-6H,1-2,7-8H2,(H,25,26)(H,27,28). The average molecular weight is 702 g/mol. The lowest BCUT2D eigenvalue weighted by molar-refractivity contribution is 0.0431. The minimum atomic E-state index is -1.13. The first kappa shape index (κ1) is 26.5. The second-order valence-corrected chi connectivity index (χ2v) is 9.34. The van der Waals surface area contributed by atoms with Gasteiger partial charge in [-0.25, -0.2) is 19.2 Å². The van der Waals surface area contributed by atoms with E-state index in [1.807, 2.05) is 0 Å². The number of carboxylic acids is 2. The van der Waals surface area contributed by atoms with Crippen molar-refractivity contribution in [3.8, 4) is 0 Å². The highest BCUT2D eigenvalue weighted by Gasteiger charge is 2.20. The van der Waals surface area contributed by atoms with E-state index < -0.39 is 23.9 Å². The Morgan fingerprint density at radius 1 is 0.594 bits per heavy atom. The predicted octanol–water partition coefficient (Wildman–Crippen LogP) is 5.93. The molecule has 2 aromatic carbocycles. The van der Waals surface area contributed by atoms with Crippen LogP contribution in [0.4, 0.5) is 0 Å². The molecule has 0 aliphatic rings. The van der Waals surface area contributed by atoms with Gasteiger partial charge in [-0.05, 0) is 101 Å². The number of aromatic carboxylic acids is 2. The zero-order valence-corrected chi connectivity index (χ0v) is 22.3. The molecule has 2 rings (SSSR count). The van der Waals surface area contributed by atoms with Crippen LogP contribution in [0.1, 0.15) is 54.3 Å². The quantitative estimate of drug-likeness (QED) is 0.244. The maximum atomic E-state index is 12.2. The van der Waals surface area contributed by atoms with E-state index in [2.05, 4.69) is 63.7 Å². The van der Waals surface area contributed by atoms with Gasteiger partial charge in [-0.3, -0.25) is 0 Å². The van der Waals surface area contributed by atoms with Gasteiger partial charge >= 0.3 is 23.9 Å². The van der Waals surface area contributed by atoms with Gasteiger partial charge in [0.2, 0.25) is 0 Å². The summed E-state index contributed by atoms with van der Waals surface area (Å²) in [6, 6.07) is 5.31. The molecule has 0 aliphatic heterocycles. The van der Waals surface area contributed by atoms with E-state index in [9.17, 15) is 19.2 Å². The number of ether oxygens (including phenoxy) is 2. The van der Waals surface area contributed by atoms with Crippen LogP contribution >= 0.6 is 63.7 Å². The van der Waals surface area contributed by atoms with Gasteiger partial charge in [0.1, 0.15) is 0 Å². The van der Waals surface area contributed by atoms with Crippen LogP contribution in [0, 0.1) is 0 Å². The molecule has 0 heterocycles. The van der Waals surface area contributed by atoms with Crippen LogP contribution < -0.4 is 0 Å². The number of hydrogen-bond donors (Lipinski definition) is 2. The lowest BCUT2D eigenvalue weighted by atomic mass is 10.1. The first-order valence-corrected chi connectivity index (χ1v) is 12.0. The van der Waals surface area contributed by atoms with Crippen LogP contribution in [-0.2, 0) is 9.47 Å². The lowest BCUT2D eigenvalue weighted by Gasteiger charge is -2.10. The third-order valence-corrected chi connectivity index (χ3v) is 8.43. The number of carbonyl (C=O) groups is 4. The van der Waals surface area contributed by atoms with Gasteiger partial charge in [0.15, 0.2) is 0 Å². The fraction of sp³-hybridized carbons (Fsp3) is 0.200. The van der Waals surface area contributed by atoms with Crippen LogP contribution in [0.5, 0.6) is 0 Å². The van der Waals surface area contributed by atoms with Crippen LogP contribution in [-0.4, -0.2) is 47.3 Å². The molecule has 0 fully saturated rings. The van der Waals surface area contributed by atoms with Gasteiger partial charge in [0.05, 0.1) is 35.5 Å². The minimum absolute atomic E-state index is 0.00603. The molecule has 0 aliphatic carbocycles. The summed E-state index contributed by atoms with van der Waals surface area (Å²) in [5.41, 5.74) is 0.361. The number of unbranched alkanes of at least 4 members (excludes halogenated alkanes) is 1. The summed E-state index contributed by atoms with van der Waals surface area (Å²) in [5, 5.41) is 18.2. The molecule has 0 atom stereocenters. The summed E-state index contributed by atoms with van der Waals surface area (Å²) in [6.45, 7) is 0.146. The molecule has 32 heavy (non-hydrogen) atoms. The van der Waals surface area contributed by atoms with Gasteiger partial charge in [0, 0.05) is 17.9 Å². The molecular formula is C20H14Br4O8. The Labute approximate surface area is 215 Å². The van der Waals surface area contributed by atoms with E-state index in [0.717, 1.165) is 0 Å². The first-order chi connectivity index (χ1) is 15.1. The van der Waals surface area contributed by atoms with E-state index >= 15 is 0 Å². The van der Waals surface area contributed by atoms with Crippen molar-refractivity contribution < 1.29 is 38.9 Å². The van der Waals surface area contributed by atoms with Crippen molar-refractivity contribution in [1.29, 1.82) is 0 Å². The van der Waals surface area contributed by atoms with Crippen LogP contribution in [0.2, 0.25) is 0 Å². The van der Waals surface area contributed by atoms with Crippen molar-refractivity contribution in [3.63, 3.8) is 0 Å². The molecule has 0 saturated heterocycles. The number of carbonyl (C=O) groups excluding carboxylic acids is 2. The number of hydrogen-bond acceptors (Lipinski definition) is 6. The molecule has 0 aromatic heterocycles. The fourth-order valence-corrected chi connectivity index (χ4v) is 4.48. The second-order valence-electron chi connectivity index (χ2n) is 6.17. The highest BCUT2D eigenvalue weighted by Crippen LogP contribution is 2.32. The molecule has 12 heteroatoms. The average Bonchev–Trinajstić information content (AvgIpc) is 2.73. The Balaban J connectivity index is 1.82. The van der Waals surface area contributed by atoms with Gasteiger partial charge in [-0.1, -0.05) is 0 Å². The van der Waals surface area contributed by atoms with E-state index in [0.29, 0.717) is 12.8 Å². The van der Waals surface area contributed by atoms with Crippen molar-refractivity contribution in [1.82, 2.24) is 0 Å². The number of esters is 2. The van der Waals surface area contributed by atoms with Crippen molar-refractivity contribution in [2.24, 2.45) is 0 Å². The molecule has 0 bridgehead atoms. The highest BCUT2D eigenvalue weighted by molar-refractivity contribution is 9.13. The highest BCUT2D eigenvalue weighted by atomic mass is 79.9. The summed E-state index contributed by atoms with van der Waals surface area (Å²) < 4.78 is 11.4. The third kappa shape index (κ3) is 6.40. The molecule has 0 unspecified atom stereocenters. The third-order valence-electron chi connectivity index (χ3n) is 4.07. The normalized spacial score (nSPS) is 10.5. The summed E-state index contributed by atoms with van der Waals surface area (Å²) in [7, 11) is 0. The first-order valence-electron chi connectivity index (χ1n) is 8.83. The number of rotatable bonds is 9. The number of carboxylic acid groups (broad SMARTS) is 2. The monoisotopic (exact) mass is 698 g/mol. The maximum Gasteiger partial charge on any atom is 0.339 e. The Bertz CT molecular complexity index is 998. The molecule has 8 nitrogen and oxygen atoms in total. The van der Waals surface area contributed by atoms with Crippen molar-refractivity contribution in [3.05, 3.63) is 64.4 Å². The Kier molecular flexibility index (Phi) is 9.86. The van der Waals surface area contributed by atoms with E-state index in [1.165, 1.54) is 24.3 Å². The van der Waals surface area contributed by atoms with E-state index in [4.69, 9.17) is 19.7 Å². The smallest absolute Gasteiger partial charge is 0.339 e. The zero-order chi connectivity index (χ0) is 24.0. The Morgan fingerprint density at radius 2 is 0.875 bits per heavy atom. The van der Waals surface area contributed by atoms with Gasteiger partial charge < -0.3 is 19.7 Å². The molecule has 170 valence electrons. The van der Waals surface area contributed by atoms with Crippen molar-refractivity contribution in [2.45, 2.75) is 12.8 Å². The summed E-state index contributed by atoms with van der Waals surface area (Å²) in [6.07, 6.45) is 0.849. The fourth-order valence-electron chi connectivity index (χ4n) is 2.43. The van der Waals surface area contributed by atoms with Crippen LogP contribution in [0.3, 0.4) is 0 Å². The molecular weight excluding hydrogens is 688 g/mol. The van der Waals surface area contributed by atoms with E-state index in [1.54, 1.807) is 0 Å². The van der Waals surface area contributed by atoms with Crippen molar-refractivity contribution in [2.75, 3.05) is 13.2 Å². The number of halogens is 4. The SMILES string of the molecule is O=C(O)c1ccc(C(=O)OCCCCOC(=O)c2ccc(C(=O)O)c(Br)c2Br)c(Br)c1Br. The molecule has 0 spiro atoms. The Hall–Kier alpha value is -1.76. The second kappa shape index (κ2) is 11.9. The maximum absolute atomic E-state index is 12.2. The lowest BCUT2D eigenvalue weighted by Crippen LogP contribution is -2.11. The van der Waals surface area contributed by atoms with Gasteiger partial charge in [-0.15, -0.1) is 0 Å². The Morgan fingerprint density at radius 3 is 1.19 bits per heavy atom. The summed E-state index contributed by atoms with van der Waals surface area (Å²) in [5.74, 6) is -3.52. The molecule has 0 amide bonds. The number of benzene rings is 2. The topological polar surface area (TPSA) is 127 Å². The van der Waals surface area contributed by atoms with Crippen LogP contribution in [0.25, 0.3) is 0 Å². The molecule has 0 radical (unpaired) electrons. The summed E-state index contributed by atoms with van der Waals surface area (Å²) in [4.78, 5) is 46.6. The van der Waals surface area contributed by atoms with Gasteiger partial charge in [0.25, 0.3) is 0 Å². The predicted molar refractivity (Wildman–Crippen MR) is 127 cm³/mol. The zero-order valence-electron chi connectivity index (χ0n) is 16.0. The van der Waals surface area contributed by atoms with Crippen LogP contribution in [0.15, 0.2) is 42.2 Å². The summed E-state index contributed by atoms with van der Waals surface area (Å²) >= 11 is 12.6. The van der Waals surface area contributed by atoms with E-state index in [-0.39, 0.29) is 53.4 Å². The van der Waals surface area contributed by atoms with Crippen molar-refractivity contribution >= 4 is 87.6 Å². The largest absolute Gasteiger partial charge is 0.478 e. The molecule has 2 aromatic rings. The molecule has 2 N–H and O–H groups in total. The van der Waals surface area contributed by atoms with Gasteiger partial charge in [-0.2, -0.15) is 0 Å². The minimum Gasteiger partial charge on any atom is -0.478 e.